The number of allylic oxidation sites excluding steroid dienone is 3. The van der Waals surface area contributed by atoms with Crippen LogP contribution in [0.2, 0.25) is 0 Å². The van der Waals surface area contributed by atoms with Crippen LogP contribution in [0, 0.1) is 11.3 Å². The number of halogens is 1. The Labute approximate surface area is 175 Å². The number of hydrogen-bond donors (Lipinski definition) is 0. The van der Waals surface area contributed by atoms with Gasteiger partial charge in [-0.3, -0.25) is 4.79 Å². The molecule has 0 radical (unpaired) electrons. The van der Waals surface area contributed by atoms with Crippen LogP contribution in [0.15, 0.2) is 54.5 Å². The lowest BCUT2D eigenvalue weighted by atomic mass is 9.89. The van der Waals surface area contributed by atoms with Gasteiger partial charge in [0, 0.05) is 32.1 Å². The fraction of sp³-hybridized carbons (Fsp3) is 0.435. The Balaban J connectivity index is 1.44. The fourth-order valence-electron chi connectivity index (χ4n) is 4.58. The van der Waals surface area contributed by atoms with E-state index in [9.17, 15) is 9.18 Å². The highest BCUT2D eigenvalue weighted by molar-refractivity contribution is 5.88. The zero-order chi connectivity index (χ0) is 21.3. The Hall–Kier alpha value is -2.98. The maximum absolute atomic E-state index is 13.4. The van der Waals surface area contributed by atoms with Gasteiger partial charge in [0.2, 0.25) is 0 Å². The molecular formula is C23H25FN4O2. The van der Waals surface area contributed by atoms with E-state index < -0.39 is 5.60 Å². The van der Waals surface area contributed by atoms with E-state index in [4.69, 9.17) is 10.00 Å². The molecule has 2 atom stereocenters. The van der Waals surface area contributed by atoms with E-state index in [2.05, 4.69) is 22.5 Å². The van der Waals surface area contributed by atoms with Crippen molar-refractivity contribution in [2.24, 2.45) is 0 Å². The number of nitrogens with zero attached hydrogens (tertiary/aromatic N) is 4. The molecule has 30 heavy (non-hydrogen) atoms. The number of anilines is 1. The first-order valence-electron chi connectivity index (χ1n) is 10.2. The second-order valence-electron chi connectivity index (χ2n) is 8.06. The van der Waals surface area contributed by atoms with Gasteiger partial charge in [-0.15, -0.1) is 0 Å². The summed E-state index contributed by atoms with van der Waals surface area (Å²) in [5, 5.41) is 9.11. The summed E-state index contributed by atoms with van der Waals surface area (Å²) in [6, 6.07) is 5.47. The third-order valence-corrected chi connectivity index (χ3v) is 6.15. The Morgan fingerprint density at radius 1 is 1.43 bits per heavy atom. The van der Waals surface area contributed by atoms with Gasteiger partial charge in [0.15, 0.2) is 5.60 Å². The van der Waals surface area contributed by atoms with Crippen LogP contribution in [-0.2, 0) is 9.53 Å². The molecule has 0 N–H and O–H groups in total. The van der Waals surface area contributed by atoms with Crippen molar-refractivity contribution >= 4 is 11.7 Å². The van der Waals surface area contributed by atoms with Crippen molar-refractivity contribution in [1.29, 1.82) is 5.26 Å². The maximum Gasteiger partial charge on any atom is 0.257 e. The van der Waals surface area contributed by atoms with Crippen LogP contribution in [0.4, 0.5) is 10.2 Å². The standard InChI is InChI=1S/C23H25FN4O2/c1-16(4-3-5-17(2)24)19-6-7-21-28(19)22(29)23(30-21)9-12-27(13-10-23)20-14-18(15-25)8-11-26-20/h3-5,8,11,14,19,21H,1,6-7,9-10,12-13H2,2H3/b4-3-,17-5+/t19-,21+/m0/s1. The van der Waals surface area contributed by atoms with Crippen molar-refractivity contribution in [2.75, 3.05) is 18.0 Å². The minimum Gasteiger partial charge on any atom is -0.356 e. The smallest absolute Gasteiger partial charge is 0.257 e. The SMILES string of the molecule is C=C(/C=C\C=C(/C)F)[C@@H]1CC[C@H]2OC3(CCN(c4cc(C#N)ccn4)CC3)C(=O)N21. The normalized spacial score (nSPS) is 25.8. The molecule has 4 heterocycles. The Morgan fingerprint density at radius 3 is 2.90 bits per heavy atom. The van der Waals surface area contributed by atoms with E-state index in [1.165, 1.54) is 13.0 Å². The number of carbonyl (C=O) groups is 1. The zero-order valence-corrected chi connectivity index (χ0v) is 17.1. The molecule has 1 spiro atoms. The molecule has 3 aliphatic heterocycles. The molecule has 0 aromatic carbocycles. The van der Waals surface area contributed by atoms with E-state index in [0.717, 1.165) is 24.2 Å². The lowest BCUT2D eigenvalue weighted by Gasteiger charge is -2.38. The Bertz CT molecular complexity index is 952. The van der Waals surface area contributed by atoms with Gasteiger partial charge in [-0.1, -0.05) is 18.7 Å². The molecule has 1 amide bonds. The number of nitriles is 1. The lowest BCUT2D eigenvalue weighted by molar-refractivity contribution is -0.140. The summed E-state index contributed by atoms with van der Waals surface area (Å²) in [7, 11) is 0. The number of aromatic nitrogens is 1. The van der Waals surface area contributed by atoms with Gasteiger partial charge >= 0.3 is 0 Å². The molecule has 1 aromatic heterocycles. The van der Waals surface area contributed by atoms with Crippen LogP contribution in [0.5, 0.6) is 0 Å². The summed E-state index contributed by atoms with van der Waals surface area (Å²) in [6.07, 6.45) is 8.92. The zero-order valence-electron chi connectivity index (χ0n) is 17.1. The molecule has 6 nitrogen and oxygen atoms in total. The molecular weight excluding hydrogens is 383 g/mol. The average molecular weight is 408 g/mol. The predicted octanol–water partition coefficient (Wildman–Crippen LogP) is 3.63. The Kier molecular flexibility index (Phi) is 5.44. The highest BCUT2D eigenvalue weighted by Gasteiger charge is 2.57. The molecule has 4 rings (SSSR count). The number of rotatable bonds is 4. The van der Waals surface area contributed by atoms with Crippen molar-refractivity contribution in [3.05, 3.63) is 60.1 Å². The molecule has 1 aromatic rings. The summed E-state index contributed by atoms with van der Waals surface area (Å²) >= 11 is 0. The second kappa shape index (κ2) is 8.04. The molecule has 156 valence electrons. The minimum atomic E-state index is -0.800. The van der Waals surface area contributed by atoms with Crippen LogP contribution < -0.4 is 4.90 Å². The molecule has 0 bridgehead atoms. The first-order chi connectivity index (χ1) is 14.4. The van der Waals surface area contributed by atoms with Crippen molar-refractivity contribution in [3.8, 4) is 6.07 Å². The number of ether oxygens (including phenoxy) is 1. The van der Waals surface area contributed by atoms with Gasteiger partial charge in [-0.05, 0) is 43.5 Å². The van der Waals surface area contributed by atoms with Crippen LogP contribution in [0.25, 0.3) is 0 Å². The van der Waals surface area contributed by atoms with Gasteiger partial charge in [0.05, 0.1) is 23.5 Å². The number of hydrogen-bond acceptors (Lipinski definition) is 5. The average Bonchev–Trinajstić information content (AvgIpc) is 3.26. The third kappa shape index (κ3) is 3.63. The topological polar surface area (TPSA) is 69.5 Å². The minimum absolute atomic E-state index is 0.0279. The van der Waals surface area contributed by atoms with Gasteiger partial charge in [-0.25, -0.2) is 9.37 Å². The molecule has 0 aliphatic carbocycles. The largest absolute Gasteiger partial charge is 0.356 e. The summed E-state index contributed by atoms with van der Waals surface area (Å²) in [5.41, 5.74) is 0.562. The van der Waals surface area contributed by atoms with E-state index in [-0.39, 0.29) is 24.0 Å². The molecule has 3 fully saturated rings. The first kappa shape index (κ1) is 20.3. The highest BCUT2D eigenvalue weighted by Crippen LogP contribution is 2.44. The first-order valence-corrected chi connectivity index (χ1v) is 10.2. The van der Waals surface area contributed by atoms with Crippen LogP contribution >= 0.6 is 0 Å². The lowest BCUT2D eigenvalue weighted by Crippen LogP contribution is -2.51. The molecule has 3 aliphatic rings. The van der Waals surface area contributed by atoms with Crippen molar-refractivity contribution in [1.82, 2.24) is 9.88 Å². The number of amides is 1. The maximum atomic E-state index is 13.4. The van der Waals surface area contributed by atoms with Crippen molar-refractivity contribution in [2.45, 2.75) is 50.5 Å². The monoisotopic (exact) mass is 408 g/mol. The fourth-order valence-corrected chi connectivity index (χ4v) is 4.58. The van der Waals surface area contributed by atoms with Crippen molar-refractivity contribution < 1.29 is 13.9 Å². The molecule has 3 saturated heterocycles. The van der Waals surface area contributed by atoms with Gasteiger partial charge in [0.25, 0.3) is 5.91 Å². The van der Waals surface area contributed by atoms with E-state index in [0.29, 0.717) is 31.5 Å². The van der Waals surface area contributed by atoms with Gasteiger partial charge < -0.3 is 14.5 Å². The quantitative estimate of drug-likeness (QED) is 0.712. The molecule has 7 heteroatoms. The Morgan fingerprint density at radius 2 is 2.20 bits per heavy atom. The van der Waals surface area contributed by atoms with E-state index in [1.807, 2.05) is 4.90 Å². The summed E-state index contributed by atoms with van der Waals surface area (Å²) < 4.78 is 19.2. The van der Waals surface area contributed by atoms with E-state index >= 15 is 0 Å². The van der Waals surface area contributed by atoms with Gasteiger partial charge in [-0.2, -0.15) is 5.26 Å². The summed E-state index contributed by atoms with van der Waals surface area (Å²) in [6.45, 7) is 6.77. The third-order valence-electron chi connectivity index (χ3n) is 6.15. The van der Waals surface area contributed by atoms with E-state index in [1.54, 1.807) is 30.5 Å². The number of pyridine rings is 1. The van der Waals surface area contributed by atoms with Gasteiger partial charge in [0.1, 0.15) is 12.0 Å². The number of carbonyl (C=O) groups excluding carboxylic acids is 1. The molecule has 0 saturated carbocycles. The highest BCUT2D eigenvalue weighted by atomic mass is 19.1. The summed E-state index contributed by atoms with van der Waals surface area (Å²) in [5.74, 6) is 0.507. The van der Waals surface area contributed by atoms with Crippen LogP contribution in [0.1, 0.15) is 38.2 Å². The summed E-state index contributed by atoms with van der Waals surface area (Å²) in [4.78, 5) is 21.7. The predicted molar refractivity (Wildman–Crippen MR) is 111 cm³/mol. The molecule has 0 unspecified atom stereocenters. The van der Waals surface area contributed by atoms with Crippen LogP contribution in [0.3, 0.4) is 0 Å². The van der Waals surface area contributed by atoms with Crippen LogP contribution in [-0.4, -0.2) is 46.8 Å². The number of piperidine rings is 1. The number of fused-ring (bicyclic) bond motifs is 1. The second-order valence-corrected chi connectivity index (χ2v) is 8.06. The van der Waals surface area contributed by atoms with Crippen molar-refractivity contribution in [3.63, 3.8) is 0 Å².